The van der Waals surface area contributed by atoms with Gasteiger partial charge in [-0.25, -0.2) is 0 Å². The second-order valence-corrected chi connectivity index (χ2v) is 3.16. The Morgan fingerprint density at radius 3 is 2.70 bits per heavy atom. The molecule has 0 aromatic heterocycles. The van der Waals surface area contributed by atoms with Crippen molar-refractivity contribution in [2.24, 2.45) is 0 Å². The summed E-state index contributed by atoms with van der Waals surface area (Å²) < 4.78 is 5.29. The van der Waals surface area contributed by atoms with Crippen molar-refractivity contribution in [2.45, 2.75) is 19.8 Å². The Kier molecular flexibility index (Phi) is 7.42. The van der Waals surface area contributed by atoms with Crippen molar-refractivity contribution < 1.29 is 4.74 Å². The maximum atomic E-state index is 5.29. The van der Waals surface area contributed by atoms with Crippen LogP contribution >= 0.6 is 15.9 Å². The summed E-state index contributed by atoms with van der Waals surface area (Å²) in [6.07, 6.45) is 2.08. The first-order chi connectivity index (χ1) is 4.77. The predicted molar refractivity (Wildman–Crippen MR) is 48.7 cm³/mol. The molecule has 0 aromatic carbocycles. The van der Waals surface area contributed by atoms with Crippen molar-refractivity contribution in [1.82, 2.24) is 0 Å². The maximum Gasteiger partial charge on any atom is 0.0502 e. The van der Waals surface area contributed by atoms with E-state index in [1.807, 2.05) is 6.92 Å². The van der Waals surface area contributed by atoms with Crippen LogP contribution in [0.15, 0.2) is 12.2 Å². The van der Waals surface area contributed by atoms with Gasteiger partial charge in [-0.2, -0.15) is 0 Å². The van der Waals surface area contributed by atoms with E-state index in [9.17, 15) is 0 Å². The molecule has 60 valence electrons. The average molecular weight is 207 g/mol. The molecule has 0 aliphatic heterocycles. The van der Waals surface area contributed by atoms with Crippen LogP contribution in [0.25, 0.3) is 0 Å². The summed E-state index contributed by atoms with van der Waals surface area (Å²) in [7, 11) is 0. The minimum atomic E-state index is 0.822. The van der Waals surface area contributed by atoms with E-state index in [0.717, 1.165) is 31.4 Å². The molecule has 10 heavy (non-hydrogen) atoms. The van der Waals surface area contributed by atoms with E-state index in [-0.39, 0.29) is 0 Å². The van der Waals surface area contributed by atoms with Crippen LogP contribution in [-0.4, -0.2) is 18.5 Å². The largest absolute Gasteiger partial charge is 0.381 e. The van der Waals surface area contributed by atoms with E-state index in [1.54, 1.807) is 0 Å². The maximum absolute atomic E-state index is 5.29. The number of halogens is 1. The summed E-state index contributed by atoms with van der Waals surface area (Å²) in [5.74, 6) is 0. The first-order valence-electron chi connectivity index (χ1n) is 3.55. The molecule has 0 amide bonds. The smallest absolute Gasteiger partial charge is 0.0502 e. The molecule has 0 fully saturated rings. The van der Waals surface area contributed by atoms with E-state index >= 15 is 0 Å². The fourth-order valence-corrected chi connectivity index (χ4v) is 0.734. The third-order valence-corrected chi connectivity index (χ3v) is 1.66. The topological polar surface area (TPSA) is 9.23 Å². The van der Waals surface area contributed by atoms with Gasteiger partial charge in [0.05, 0.1) is 6.61 Å². The summed E-state index contributed by atoms with van der Waals surface area (Å²) in [5.41, 5.74) is 1.19. The number of rotatable bonds is 6. The molecule has 2 heteroatoms. The lowest BCUT2D eigenvalue weighted by Gasteiger charge is -2.01. The zero-order chi connectivity index (χ0) is 7.82. The molecule has 0 rings (SSSR count). The monoisotopic (exact) mass is 206 g/mol. The van der Waals surface area contributed by atoms with Gasteiger partial charge in [0.15, 0.2) is 0 Å². The lowest BCUT2D eigenvalue weighted by molar-refractivity contribution is 0.139. The second kappa shape index (κ2) is 7.29. The van der Waals surface area contributed by atoms with E-state index in [0.29, 0.717) is 0 Å². The quantitative estimate of drug-likeness (QED) is 0.369. The third kappa shape index (κ3) is 8.18. The van der Waals surface area contributed by atoms with Gasteiger partial charge in [0.25, 0.3) is 0 Å². The summed E-state index contributed by atoms with van der Waals surface area (Å²) in [4.78, 5) is 0. The summed E-state index contributed by atoms with van der Waals surface area (Å²) in [6.45, 7) is 7.49. The molecule has 0 unspecified atom stereocenters. The average Bonchev–Trinajstić information content (AvgIpc) is 1.87. The van der Waals surface area contributed by atoms with Crippen LogP contribution in [0.4, 0.5) is 0 Å². The number of hydrogen-bond acceptors (Lipinski definition) is 1. The zero-order valence-corrected chi connectivity index (χ0v) is 8.11. The van der Waals surface area contributed by atoms with Crippen molar-refractivity contribution in [2.75, 3.05) is 18.5 Å². The van der Waals surface area contributed by atoms with Gasteiger partial charge in [0.2, 0.25) is 0 Å². The zero-order valence-electron chi connectivity index (χ0n) is 6.53. The van der Waals surface area contributed by atoms with Gasteiger partial charge in [-0.3, -0.25) is 0 Å². The van der Waals surface area contributed by atoms with Crippen LogP contribution < -0.4 is 0 Å². The summed E-state index contributed by atoms with van der Waals surface area (Å²) in [6, 6.07) is 0. The highest BCUT2D eigenvalue weighted by atomic mass is 79.9. The first-order valence-corrected chi connectivity index (χ1v) is 4.67. The van der Waals surface area contributed by atoms with Crippen molar-refractivity contribution in [1.29, 1.82) is 0 Å². The van der Waals surface area contributed by atoms with Gasteiger partial charge in [0, 0.05) is 11.9 Å². The summed E-state index contributed by atoms with van der Waals surface area (Å²) in [5, 5.41) is 1.03. The van der Waals surface area contributed by atoms with Crippen LogP contribution in [0.3, 0.4) is 0 Å². The minimum absolute atomic E-state index is 0.822. The van der Waals surface area contributed by atoms with E-state index in [1.165, 1.54) is 5.57 Å². The highest BCUT2D eigenvalue weighted by molar-refractivity contribution is 9.09. The highest BCUT2D eigenvalue weighted by Crippen LogP contribution is 1.96. The third-order valence-electron chi connectivity index (χ3n) is 1.10. The molecular weight excluding hydrogens is 192 g/mol. The van der Waals surface area contributed by atoms with Gasteiger partial charge in [0.1, 0.15) is 0 Å². The Balaban J connectivity index is 2.84. The van der Waals surface area contributed by atoms with Crippen LogP contribution in [0.2, 0.25) is 0 Å². The van der Waals surface area contributed by atoms with Crippen molar-refractivity contribution in [3.8, 4) is 0 Å². The number of ether oxygens (including phenoxy) is 1. The van der Waals surface area contributed by atoms with Gasteiger partial charge in [-0.15, -0.1) is 6.58 Å². The van der Waals surface area contributed by atoms with Gasteiger partial charge in [-0.1, -0.05) is 21.5 Å². The molecule has 0 radical (unpaired) electrons. The normalized spacial score (nSPS) is 9.80. The Hall–Kier alpha value is 0.180. The Morgan fingerprint density at radius 2 is 2.20 bits per heavy atom. The van der Waals surface area contributed by atoms with Crippen LogP contribution in [0.5, 0.6) is 0 Å². The molecule has 0 heterocycles. The molecule has 0 aliphatic rings. The van der Waals surface area contributed by atoms with Crippen molar-refractivity contribution in [3.63, 3.8) is 0 Å². The van der Waals surface area contributed by atoms with Crippen LogP contribution in [0, 0.1) is 0 Å². The SMILES string of the molecule is C=C(C)CCOCCCBr. The van der Waals surface area contributed by atoms with Gasteiger partial charge < -0.3 is 4.74 Å². The molecule has 0 N–H and O–H groups in total. The van der Waals surface area contributed by atoms with Gasteiger partial charge in [-0.05, 0) is 19.8 Å². The van der Waals surface area contributed by atoms with Gasteiger partial charge >= 0.3 is 0 Å². The molecular formula is C8H15BrO. The first kappa shape index (κ1) is 10.2. The fraction of sp³-hybridized carbons (Fsp3) is 0.750. The molecule has 0 spiro atoms. The Labute approximate surface area is 71.6 Å². The Morgan fingerprint density at radius 1 is 1.50 bits per heavy atom. The fourth-order valence-electron chi connectivity index (χ4n) is 0.505. The molecule has 0 bridgehead atoms. The molecule has 0 atom stereocenters. The molecule has 1 nitrogen and oxygen atoms in total. The van der Waals surface area contributed by atoms with Crippen molar-refractivity contribution in [3.05, 3.63) is 12.2 Å². The molecule has 0 saturated carbocycles. The standard InChI is InChI=1S/C8H15BrO/c1-8(2)4-7-10-6-3-5-9/h1,3-7H2,2H3. The van der Waals surface area contributed by atoms with Crippen LogP contribution in [0.1, 0.15) is 19.8 Å². The minimum Gasteiger partial charge on any atom is -0.381 e. The molecule has 0 saturated heterocycles. The molecule has 0 aromatic rings. The molecule has 0 aliphatic carbocycles. The van der Waals surface area contributed by atoms with Crippen LogP contribution in [-0.2, 0) is 4.74 Å². The summed E-state index contributed by atoms with van der Waals surface area (Å²) >= 11 is 3.33. The van der Waals surface area contributed by atoms with Crippen molar-refractivity contribution >= 4 is 15.9 Å². The predicted octanol–water partition coefficient (Wildman–Crippen LogP) is 2.75. The highest BCUT2D eigenvalue weighted by Gasteiger charge is 1.87. The van der Waals surface area contributed by atoms with E-state index < -0.39 is 0 Å². The van der Waals surface area contributed by atoms with E-state index in [4.69, 9.17) is 4.74 Å². The Bertz CT molecular complexity index is 91.3. The number of alkyl halides is 1. The van der Waals surface area contributed by atoms with E-state index in [2.05, 4.69) is 22.5 Å². The lowest BCUT2D eigenvalue weighted by atomic mass is 10.3. The number of hydrogen-bond donors (Lipinski definition) is 0. The second-order valence-electron chi connectivity index (χ2n) is 2.36. The lowest BCUT2D eigenvalue weighted by Crippen LogP contribution is -1.97.